The summed E-state index contributed by atoms with van der Waals surface area (Å²) in [6.45, 7) is 4.09. The quantitative estimate of drug-likeness (QED) is 0.462. The van der Waals surface area contributed by atoms with Crippen molar-refractivity contribution in [3.8, 4) is 11.5 Å². The Labute approximate surface area is 180 Å². The van der Waals surface area contributed by atoms with E-state index in [0.29, 0.717) is 38.0 Å². The van der Waals surface area contributed by atoms with E-state index in [9.17, 15) is 8.78 Å². The number of hydrogen-bond acceptors (Lipinski definition) is 4. The minimum absolute atomic E-state index is 0.0222. The third-order valence-corrected chi connectivity index (χ3v) is 5.10. The molecule has 162 valence electrons. The van der Waals surface area contributed by atoms with Crippen LogP contribution in [0, 0.1) is 11.6 Å². The van der Waals surface area contributed by atoms with Crippen LogP contribution in [-0.2, 0) is 6.54 Å². The maximum atomic E-state index is 14.1. The van der Waals surface area contributed by atoms with Gasteiger partial charge in [0.05, 0.1) is 6.54 Å². The molecule has 6 nitrogen and oxygen atoms in total. The number of guanidine groups is 1. The van der Waals surface area contributed by atoms with Crippen molar-refractivity contribution in [1.29, 1.82) is 0 Å². The normalized spacial score (nSPS) is 16.5. The number of benzene rings is 2. The average Bonchev–Trinajstić information content (AvgIpc) is 3.43. The molecule has 2 heterocycles. The van der Waals surface area contributed by atoms with E-state index in [4.69, 9.17) is 4.42 Å². The lowest BCUT2D eigenvalue weighted by atomic mass is 10.2. The fourth-order valence-electron chi connectivity index (χ4n) is 3.64. The number of halogens is 2. The van der Waals surface area contributed by atoms with Crippen molar-refractivity contribution in [3.05, 3.63) is 72.1 Å². The molecule has 31 heavy (non-hydrogen) atoms. The lowest BCUT2D eigenvalue weighted by Gasteiger charge is -2.21. The summed E-state index contributed by atoms with van der Waals surface area (Å²) in [4.78, 5) is 10.8. The molecule has 0 aliphatic carbocycles. The summed E-state index contributed by atoms with van der Waals surface area (Å²) in [5.74, 6) is 0.109. The molecular formula is C23H25F2N5O. The largest absolute Gasteiger partial charge is 0.444 e. The lowest BCUT2D eigenvalue weighted by Crippen LogP contribution is -2.44. The van der Waals surface area contributed by atoms with Gasteiger partial charge in [0, 0.05) is 31.2 Å². The molecule has 4 rings (SSSR count). The molecule has 1 atom stereocenters. The van der Waals surface area contributed by atoms with Gasteiger partial charge in [0.2, 0.25) is 5.89 Å². The van der Waals surface area contributed by atoms with Crippen molar-refractivity contribution in [1.82, 2.24) is 15.6 Å². The summed E-state index contributed by atoms with van der Waals surface area (Å²) in [5.41, 5.74) is 1.66. The van der Waals surface area contributed by atoms with Gasteiger partial charge in [0.15, 0.2) is 5.96 Å². The van der Waals surface area contributed by atoms with Crippen molar-refractivity contribution in [2.45, 2.75) is 25.9 Å². The second-order valence-corrected chi connectivity index (χ2v) is 7.35. The molecule has 8 heteroatoms. The zero-order valence-corrected chi connectivity index (χ0v) is 17.3. The minimum atomic E-state index is -0.540. The van der Waals surface area contributed by atoms with Crippen molar-refractivity contribution < 1.29 is 13.2 Å². The zero-order valence-electron chi connectivity index (χ0n) is 17.3. The fourth-order valence-corrected chi connectivity index (χ4v) is 3.64. The summed E-state index contributed by atoms with van der Waals surface area (Å²) >= 11 is 0. The Kier molecular flexibility index (Phi) is 6.45. The number of nitrogens with zero attached hydrogens (tertiary/aromatic N) is 3. The monoisotopic (exact) mass is 425 g/mol. The summed E-state index contributed by atoms with van der Waals surface area (Å²) in [7, 11) is 0. The highest BCUT2D eigenvalue weighted by Gasteiger charge is 2.27. The molecule has 0 radical (unpaired) electrons. The van der Waals surface area contributed by atoms with Gasteiger partial charge in [-0.2, -0.15) is 0 Å². The van der Waals surface area contributed by atoms with Crippen LogP contribution in [0.4, 0.5) is 14.5 Å². The molecule has 1 unspecified atom stereocenters. The number of oxazole rings is 1. The zero-order chi connectivity index (χ0) is 21.6. The molecule has 1 aliphatic heterocycles. The summed E-state index contributed by atoms with van der Waals surface area (Å²) in [6.07, 6.45) is 2.36. The first-order valence-corrected chi connectivity index (χ1v) is 10.4. The Hall–Kier alpha value is -3.42. The van der Waals surface area contributed by atoms with E-state index in [1.165, 1.54) is 18.2 Å². The topological polar surface area (TPSA) is 65.7 Å². The second kappa shape index (κ2) is 9.59. The maximum Gasteiger partial charge on any atom is 0.226 e. The summed E-state index contributed by atoms with van der Waals surface area (Å²) in [5, 5.41) is 6.57. The van der Waals surface area contributed by atoms with Crippen LogP contribution >= 0.6 is 0 Å². The molecule has 1 aliphatic rings. The predicted molar refractivity (Wildman–Crippen MR) is 117 cm³/mol. The Morgan fingerprint density at radius 1 is 1.16 bits per heavy atom. The number of aromatic nitrogens is 1. The van der Waals surface area contributed by atoms with E-state index in [0.717, 1.165) is 17.7 Å². The van der Waals surface area contributed by atoms with Crippen LogP contribution < -0.4 is 15.5 Å². The summed E-state index contributed by atoms with van der Waals surface area (Å²) in [6, 6.07) is 13.7. The molecular weight excluding hydrogens is 400 g/mol. The van der Waals surface area contributed by atoms with Gasteiger partial charge in [-0.15, -0.1) is 0 Å². The Balaban J connectivity index is 1.39. The number of rotatable bonds is 6. The van der Waals surface area contributed by atoms with E-state index in [1.807, 2.05) is 37.3 Å². The van der Waals surface area contributed by atoms with Gasteiger partial charge >= 0.3 is 0 Å². The number of para-hydroxylation sites is 1. The molecule has 0 saturated carbocycles. The standard InChI is InChI=1S/C23H25F2N5O/c1-2-26-23(27-13-18-15-31-22(28-18)16-7-4-3-5-8-16)29-17-11-12-30(14-17)21-19(24)9-6-10-20(21)25/h3-10,15,17H,2,11-14H2,1H3,(H2,26,27,29). The van der Waals surface area contributed by atoms with Crippen molar-refractivity contribution in [2.24, 2.45) is 4.99 Å². The van der Waals surface area contributed by atoms with Gasteiger partial charge in [-0.1, -0.05) is 24.3 Å². The predicted octanol–water partition coefficient (Wildman–Crippen LogP) is 3.95. The highest BCUT2D eigenvalue weighted by atomic mass is 19.1. The van der Waals surface area contributed by atoms with Gasteiger partial charge in [-0.05, 0) is 37.6 Å². The van der Waals surface area contributed by atoms with Crippen LogP contribution in [0.1, 0.15) is 19.0 Å². The Bertz CT molecular complexity index is 1020. The van der Waals surface area contributed by atoms with Gasteiger partial charge in [-0.3, -0.25) is 0 Å². The van der Waals surface area contributed by atoms with Gasteiger partial charge in [-0.25, -0.2) is 18.8 Å². The van der Waals surface area contributed by atoms with Crippen molar-refractivity contribution >= 4 is 11.6 Å². The third-order valence-electron chi connectivity index (χ3n) is 5.10. The first kappa shape index (κ1) is 20.8. The number of aliphatic imine (C=N–C) groups is 1. The van der Waals surface area contributed by atoms with E-state index in [1.54, 1.807) is 11.2 Å². The van der Waals surface area contributed by atoms with Crippen LogP contribution in [0.25, 0.3) is 11.5 Å². The molecule has 2 N–H and O–H groups in total. The molecule has 0 bridgehead atoms. The third kappa shape index (κ3) is 5.02. The smallest absolute Gasteiger partial charge is 0.226 e. The lowest BCUT2D eigenvalue weighted by molar-refractivity contribution is 0.572. The molecule has 1 fully saturated rings. The van der Waals surface area contributed by atoms with Crippen LogP contribution in [0.15, 0.2) is 64.2 Å². The molecule has 3 aromatic rings. The first-order chi connectivity index (χ1) is 15.1. The second-order valence-electron chi connectivity index (χ2n) is 7.35. The van der Waals surface area contributed by atoms with Gasteiger partial charge in [0.1, 0.15) is 29.3 Å². The Morgan fingerprint density at radius 3 is 2.68 bits per heavy atom. The molecule has 0 amide bonds. The summed E-state index contributed by atoms with van der Waals surface area (Å²) < 4.78 is 33.7. The highest BCUT2D eigenvalue weighted by molar-refractivity contribution is 5.80. The van der Waals surface area contributed by atoms with Crippen LogP contribution in [0.2, 0.25) is 0 Å². The number of hydrogen-bond donors (Lipinski definition) is 2. The van der Waals surface area contributed by atoms with Crippen LogP contribution in [-0.4, -0.2) is 36.6 Å². The van der Waals surface area contributed by atoms with Gasteiger partial charge < -0.3 is 20.0 Å². The first-order valence-electron chi connectivity index (χ1n) is 10.4. The molecule has 0 spiro atoms. The van der Waals surface area contributed by atoms with Crippen molar-refractivity contribution in [2.75, 3.05) is 24.5 Å². The van der Waals surface area contributed by atoms with Crippen LogP contribution in [0.5, 0.6) is 0 Å². The van der Waals surface area contributed by atoms with E-state index in [2.05, 4.69) is 20.6 Å². The van der Waals surface area contributed by atoms with Crippen LogP contribution in [0.3, 0.4) is 0 Å². The van der Waals surface area contributed by atoms with E-state index >= 15 is 0 Å². The number of nitrogens with one attached hydrogen (secondary N) is 2. The maximum absolute atomic E-state index is 14.1. The molecule has 1 saturated heterocycles. The number of anilines is 1. The highest BCUT2D eigenvalue weighted by Crippen LogP contribution is 2.26. The SMILES string of the molecule is CCNC(=NCc1coc(-c2ccccc2)n1)NC1CCN(c2c(F)cccc2F)C1. The van der Waals surface area contributed by atoms with E-state index < -0.39 is 11.6 Å². The Morgan fingerprint density at radius 2 is 1.94 bits per heavy atom. The minimum Gasteiger partial charge on any atom is -0.444 e. The molecule has 2 aromatic carbocycles. The fraction of sp³-hybridized carbons (Fsp3) is 0.304. The molecule has 1 aromatic heterocycles. The average molecular weight is 425 g/mol. The van der Waals surface area contributed by atoms with Gasteiger partial charge in [0.25, 0.3) is 0 Å². The van der Waals surface area contributed by atoms with Crippen molar-refractivity contribution in [3.63, 3.8) is 0 Å². The van der Waals surface area contributed by atoms with E-state index in [-0.39, 0.29) is 11.7 Å².